The largest absolute Gasteiger partial charge is 0.383 e. The topological polar surface area (TPSA) is 93.1 Å². The number of hydrogen-bond donors (Lipinski definition) is 3. The lowest BCUT2D eigenvalue weighted by Gasteiger charge is -2.10. The molecule has 0 amide bonds. The van der Waals surface area contributed by atoms with Crippen LogP contribution in [0, 0.1) is 0 Å². The van der Waals surface area contributed by atoms with Crippen LogP contribution in [0.2, 0.25) is 0 Å². The molecule has 0 aliphatic heterocycles. The molecule has 1 aromatic heterocycles. The molecule has 0 atom stereocenters. The summed E-state index contributed by atoms with van der Waals surface area (Å²) in [5.74, 6) is 1.29. The molecule has 0 spiro atoms. The van der Waals surface area contributed by atoms with E-state index in [1.807, 2.05) is 0 Å². The Kier molecular flexibility index (Phi) is 4.78. The maximum absolute atomic E-state index is 5.55. The molecule has 0 bridgehead atoms. The Balaban J connectivity index is 2.26. The van der Waals surface area contributed by atoms with Crippen LogP contribution in [0.5, 0.6) is 0 Å². The van der Waals surface area contributed by atoms with Crippen LogP contribution in [0.25, 0.3) is 0 Å². The predicted molar refractivity (Wildman–Crippen MR) is 67.1 cm³/mol. The van der Waals surface area contributed by atoms with Gasteiger partial charge in [0.2, 0.25) is 5.95 Å². The van der Waals surface area contributed by atoms with Gasteiger partial charge in [0, 0.05) is 12.6 Å². The Labute approximate surface area is 96.0 Å². The van der Waals surface area contributed by atoms with E-state index in [1.54, 1.807) is 6.07 Å². The van der Waals surface area contributed by atoms with E-state index in [0.717, 1.165) is 25.9 Å². The van der Waals surface area contributed by atoms with Gasteiger partial charge >= 0.3 is 0 Å². The average Bonchev–Trinajstić information content (AvgIpc) is 2.15. The second-order valence-corrected chi connectivity index (χ2v) is 3.97. The van der Waals surface area contributed by atoms with Crippen molar-refractivity contribution >= 4 is 17.6 Å². The van der Waals surface area contributed by atoms with Crippen molar-refractivity contribution in [1.29, 1.82) is 0 Å². The van der Waals surface area contributed by atoms with Gasteiger partial charge in [-0.25, -0.2) is 0 Å². The van der Waals surface area contributed by atoms with Crippen LogP contribution in [0.3, 0.4) is 0 Å². The summed E-state index contributed by atoms with van der Waals surface area (Å²) in [6.45, 7) is 1.96. The van der Waals surface area contributed by atoms with Gasteiger partial charge in [0.15, 0.2) is 0 Å². The second kappa shape index (κ2) is 6.12. The number of aromatic nitrogens is 2. The van der Waals surface area contributed by atoms with Crippen molar-refractivity contribution in [2.75, 3.05) is 44.0 Å². The quantitative estimate of drug-likeness (QED) is 0.605. The fraction of sp³-hybridized carbons (Fsp3) is 0.600. The first kappa shape index (κ1) is 12.5. The van der Waals surface area contributed by atoms with Crippen LogP contribution in [0.15, 0.2) is 6.07 Å². The van der Waals surface area contributed by atoms with E-state index in [9.17, 15) is 0 Å². The van der Waals surface area contributed by atoms with E-state index in [0.29, 0.717) is 11.6 Å². The Morgan fingerprint density at radius 3 is 2.62 bits per heavy atom. The van der Waals surface area contributed by atoms with Crippen LogP contribution in [-0.2, 0) is 0 Å². The third-order valence-electron chi connectivity index (χ3n) is 2.10. The lowest BCUT2D eigenvalue weighted by Crippen LogP contribution is -2.14. The summed E-state index contributed by atoms with van der Waals surface area (Å²) in [4.78, 5) is 10.00. The molecule has 0 unspecified atom stereocenters. The standard InChI is InChI=1S/C10H20N6/c1-16(2)6-4-3-5-13-9-7-8(11)14-10(12)15-9/h7H,3-6H2,1-2H3,(H5,11,12,13,14,15). The van der Waals surface area contributed by atoms with Gasteiger partial charge in [0.05, 0.1) is 0 Å². The Hall–Kier alpha value is -1.56. The number of hydrogen-bond acceptors (Lipinski definition) is 6. The fourth-order valence-corrected chi connectivity index (χ4v) is 1.35. The molecule has 0 aliphatic rings. The first-order valence-electron chi connectivity index (χ1n) is 5.36. The zero-order valence-electron chi connectivity index (χ0n) is 9.90. The maximum Gasteiger partial charge on any atom is 0.223 e. The van der Waals surface area contributed by atoms with Gasteiger partial charge in [-0.2, -0.15) is 9.97 Å². The summed E-state index contributed by atoms with van der Waals surface area (Å²) in [6, 6.07) is 1.68. The highest BCUT2D eigenvalue weighted by Gasteiger charge is 1.98. The molecule has 1 heterocycles. The van der Waals surface area contributed by atoms with Gasteiger partial charge in [0.25, 0.3) is 0 Å². The third-order valence-corrected chi connectivity index (χ3v) is 2.10. The van der Waals surface area contributed by atoms with Crippen molar-refractivity contribution in [2.45, 2.75) is 12.8 Å². The van der Waals surface area contributed by atoms with Crippen LogP contribution >= 0.6 is 0 Å². The molecule has 0 radical (unpaired) electrons. The minimum atomic E-state index is 0.204. The predicted octanol–water partition coefficient (Wildman–Crippen LogP) is 0.395. The molecule has 16 heavy (non-hydrogen) atoms. The summed E-state index contributed by atoms with van der Waals surface area (Å²) < 4.78 is 0. The number of anilines is 3. The molecule has 0 aromatic carbocycles. The molecule has 1 aromatic rings. The first-order valence-corrected chi connectivity index (χ1v) is 5.36. The van der Waals surface area contributed by atoms with Crippen molar-refractivity contribution in [3.05, 3.63) is 6.07 Å². The summed E-state index contributed by atoms with van der Waals surface area (Å²) in [6.07, 6.45) is 2.23. The summed E-state index contributed by atoms with van der Waals surface area (Å²) >= 11 is 0. The number of rotatable bonds is 6. The van der Waals surface area contributed by atoms with Gasteiger partial charge in [-0.3, -0.25) is 0 Å². The highest BCUT2D eigenvalue weighted by molar-refractivity contribution is 5.48. The third kappa shape index (κ3) is 4.79. The lowest BCUT2D eigenvalue weighted by molar-refractivity contribution is 0.396. The zero-order valence-corrected chi connectivity index (χ0v) is 9.90. The van der Waals surface area contributed by atoms with Crippen LogP contribution in [0.1, 0.15) is 12.8 Å². The van der Waals surface area contributed by atoms with Crippen molar-refractivity contribution < 1.29 is 0 Å². The Morgan fingerprint density at radius 1 is 1.25 bits per heavy atom. The molecule has 6 nitrogen and oxygen atoms in total. The number of nitrogens with two attached hydrogens (primary N) is 2. The molecule has 6 heteroatoms. The minimum Gasteiger partial charge on any atom is -0.383 e. The SMILES string of the molecule is CN(C)CCCCNc1cc(N)nc(N)n1. The van der Waals surface area contributed by atoms with E-state index >= 15 is 0 Å². The monoisotopic (exact) mass is 224 g/mol. The van der Waals surface area contributed by atoms with E-state index in [1.165, 1.54) is 0 Å². The van der Waals surface area contributed by atoms with Crippen molar-refractivity contribution in [3.8, 4) is 0 Å². The molecular weight excluding hydrogens is 204 g/mol. The number of nitrogens with zero attached hydrogens (tertiary/aromatic N) is 3. The molecule has 0 saturated carbocycles. The van der Waals surface area contributed by atoms with Crippen LogP contribution in [0.4, 0.5) is 17.6 Å². The van der Waals surface area contributed by atoms with Gasteiger partial charge in [-0.05, 0) is 33.5 Å². The van der Waals surface area contributed by atoms with Gasteiger partial charge in [-0.15, -0.1) is 0 Å². The molecule has 0 saturated heterocycles. The summed E-state index contributed by atoms with van der Waals surface area (Å²) in [5, 5.41) is 3.17. The number of nitrogen functional groups attached to an aromatic ring is 2. The van der Waals surface area contributed by atoms with E-state index < -0.39 is 0 Å². The minimum absolute atomic E-state index is 0.204. The molecule has 5 N–H and O–H groups in total. The Morgan fingerprint density at radius 2 is 2.00 bits per heavy atom. The number of unbranched alkanes of at least 4 members (excludes halogenated alkanes) is 1. The smallest absolute Gasteiger partial charge is 0.223 e. The normalized spacial score (nSPS) is 10.7. The lowest BCUT2D eigenvalue weighted by atomic mass is 10.3. The van der Waals surface area contributed by atoms with Crippen LogP contribution in [-0.4, -0.2) is 42.1 Å². The fourth-order valence-electron chi connectivity index (χ4n) is 1.35. The molecule has 0 fully saturated rings. The molecular formula is C10H20N6. The highest BCUT2D eigenvalue weighted by Crippen LogP contribution is 2.09. The second-order valence-electron chi connectivity index (χ2n) is 3.97. The zero-order chi connectivity index (χ0) is 12.0. The summed E-state index contributed by atoms with van der Waals surface area (Å²) in [7, 11) is 4.14. The first-order chi connectivity index (χ1) is 7.58. The van der Waals surface area contributed by atoms with Gasteiger partial charge in [-0.1, -0.05) is 0 Å². The maximum atomic E-state index is 5.55. The Bertz CT molecular complexity index is 305. The van der Waals surface area contributed by atoms with Crippen molar-refractivity contribution in [2.24, 2.45) is 0 Å². The summed E-state index contributed by atoms with van der Waals surface area (Å²) in [5.41, 5.74) is 11.0. The van der Waals surface area contributed by atoms with Crippen molar-refractivity contribution in [3.63, 3.8) is 0 Å². The molecule has 90 valence electrons. The molecule has 1 rings (SSSR count). The van der Waals surface area contributed by atoms with E-state index in [4.69, 9.17) is 11.5 Å². The van der Waals surface area contributed by atoms with Gasteiger partial charge < -0.3 is 21.7 Å². The van der Waals surface area contributed by atoms with Crippen LogP contribution < -0.4 is 16.8 Å². The van der Waals surface area contributed by atoms with Gasteiger partial charge in [0.1, 0.15) is 11.6 Å². The number of nitrogens with one attached hydrogen (secondary N) is 1. The molecule has 0 aliphatic carbocycles. The van der Waals surface area contributed by atoms with E-state index in [-0.39, 0.29) is 5.95 Å². The van der Waals surface area contributed by atoms with E-state index in [2.05, 4.69) is 34.3 Å². The average molecular weight is 224 g/mol. The highest BCUT2D eigenvalue weighted by atomic mass is 15.1. The van der Waals surface area contributed by atoms with Crippen molar-refractivity contribution in [1.82, 2.24) is 14.9 Å².